The first-order chi connectivity index (χ1) is 15.0. The summed E-state index contributed by atoms with van der Waals surface area (Å²) in [7, 11) is 0. The van der Waals surface area contributed by atoms with E-state index < -0.39 is 6.09 Å². The smallest absolute Gasteiger partial charge is 0.407 e. The number of rotatable bonds is 5. The Hall–Kier alpha value is -3.67. The van der Waals surface area contributed by atoms with Crippen molar-refractivity contribution in [3.05, 3.63) is 83.2 Å². The van der Waals surface area contributed by atoms with Crippen LogP contribution in [0.15, 0.2) is 60.8 Å². The maximum atomic E-state index is 12.0. The van der Waals surface area contributed by atoms with Crippen LogP contribution in [0.1, 0.15) is 34.1 Å². The first-order valence-electron chi connectivity index (χ1n) is 10.3. The van der Waals surface area contributed by atoms with Crippen LogP contribution in [0.4, 0.5) is 4.79 Å². The van der Waals surface area contributed by atoms with E-state index in [1.165, 1.54) is 4.90 Å². The molecule has 0 saturated carbocycles. The van der Waals surface area contributed by atoms with Gasteiger partial charge in [-0.3, -0.25) is 9.78 Å². The van der Waals surface area contributed by atoms with Crippen molar-refractivity contribution in [2.45, 2.75) is 26.4 Å². The molecule has 0 saturated heterocycles. The minimum absolute atomic E-state index is 0.00983. The van der Waals surface area contributed by atoms with Crippen molar-refractivity contribution in [3.8, 4) is 16.9 Å². The Bertz CT molecular complexity index is 1110. The molecule has 1 N–H and O–H groups in total. The van der Waals surface area contributed by atoms with Gasteiger partial charge in [0.2, 0.25) is 0 Å². The number of hydrogen-bond acceptors (Lipinski definition) is 4. The maximum absolute atomic E-state index is 12.0. The number of nitrogens with zero attached hydrogens (tertiary/aromatic N) is 2. The van der Waals surface area contributed by atoms with Crippen LogP contribution in [0.25, 0.3) is 11.1 Å². The molecule has 2 aromatic carbocycles. The molecule has 31 heavy (non-hydrogen) atoms. The van der Waals surface area contributed by atoms with Crippen molar-refractivity contribution in [1.82, 2.24) is 9.88 Å². The molecule has 0 fully saturated rings. The SMILES string of the molecule is CC(=O)c1ccc(OCc2ccccn2)c(-c2ccc3c(c2)CCN(C(=O)O)CC3)c1. The lowest BCUT2D eigenvalue weighted by Gasteiger charge is -2.15. The van der Waals surface area contributed by atoms with Crippen LogP contribution in [0.2, 0.25) is 0 Å². The first-order valence-corrected chi connectivity index (χ1v) is 10.3. The maximum Gasteiger partial charge on any atom is 0.407 e. The highest BCUT2D eigenvalue weighted by Gasteiger charge is 2.19. The second kappa shape index (κ2) is 9.00. The molecule has 6 heteroatoms. The molecule has 0 aliphatic carbocycles. The highest BCUT2D eigenvalue weighted by molar-refractivity contribution is 5.96. The molecule has 0 radical (unpaired) electrons. The van der Waals surface area contributed by atoms with Crippen molar-refractivity contribution in [2.75, 3.05) is 13.1 Å². The predicted octanol–water partition coefficient (Wildman–Crippen LogP) is 4.61. The van der Waals surface area contributed by atoms with E-state index in [0.717, 1.165) is 27.9 Å². The van der Waals surface area contributed by atoms with Gasteiger partial charge in [-0.15, -0.1) is 0 Å². The monoisotopic (exact) mass is 416 g/mol. The Kier molecular flexibility index (Phi) is 5.98. The third kappa shape index (κ3) is 4.74. The number of Topliss-reactive ketones (excluding diaryl/α,β-unsaturated/α-hetero) is 1. The van der Waals surface area contributed by atoms with E-state index in [0.29, 0.717) is 43.9 Å². The summed E-state index contributed by atoms with van der Waals surface area (Å²) in [4.78, 5) is 29.1. The molecule has 1 aliphatic heterocycles. The fraction of sp³-hybridized carbons (Fsp3) is 0.240. The van der Waals surface area contributed by atoms with Crippen LogP contribution in [0.5, 0.6) is 5.75 Å². The first kappa shape index (κ1) is 20.6. The van der Waals surface area contributed by atoms with Crippen LogP contribution in [0, 0.1) is 0 Å². The lowest BCUT2D eigenvalue weighted by atomic mass is 9.94. The molecule has 1 aromatic heterocycles. The molecule has 0 atom stereocenters. The van der Waals surface area contributed by atoms with Gasteiger partial charge in [0.05, 0.1) is 5.69 Å². The summed E-state index contributed by atoms with van der Waals surface area (Å²) in [5, 5.41) is 9.32. The molecular formula is C25H24N2O4. The molecule has 1 aliphatic rings. The minimum atomic E-state index is -0.882. The Morgan fingerprint density at radius 1 is 1.03 bits per heavy atom. The summed E-state index contributed by atoms with van der Waals surface area (Å²) < 4.78 is 6.07. The summed E-state index contributed by atoms with van der Waals surface area (Å²) in [6.45, 7) is 2.85. The Balaban J connectivity index is 1.67. The Labute approximate surface area is 181 Å². The van der Waals surface area contributed by atoms with Crippen molar-refractivity contribution < 1.29 is 19.4 Å². The number of ether oxygens (including phenoxy) is 1. The molecule has 4 rings (SSSR count). The molecule has 1 amide bonds. The number of fused-ring (bicyclic) bond motifs is 1. The minimum Gasteiger partial charge on any atom is -0.487 e. The van der Waals surface area contributed by atoms with E-state index in [9.17, 15) is 14.7 Å². The number of carbonyl (C=O) groups excluding carboxylic acids is 1. The van der Waals surface area contributed by atoms with Crippen LogP contribution in [-0.2, 0) is 19.4 Å². The molecule has 0 spiro atoms. The van der Waals surface area contributed by atoms with Gasteiger partial charge in [-0.25, -0.2) is 4.79 Å². The number of carboxylic acid groups (broad SMARTS) is 1. The topological polar surface area (TPSA) is 79.7 Å². The third-order valence-electron chi connectivity index (χ3n) is 5.58. The molecular weight excluding hydrogens is 392 g/mol. The van der Waals surface area contributed by atoms with E-state index in [4.69, 9.17) is 4.74 Å². The summed E-state index contributed by atoms with van der Waals surface area (Å²) in [5.74, 6) is 0.667. The number of ketones is 1. The van der Waals surface area contributed by atoms with Crippen molar-refractivity contribution in [2.24, 2.45) is 0 Å². The van der Waals surface area contributed by atoms with Gasteiger partial charge in [0.25, 0.3) is 0 Å². The van der Waals surface area contributed by atoms with E-state index in [2.05, 4.69) is 17.1 Å². The molecule has 0 bridgehead atoms. The van der Waals surface area contributed by atoms with Gasteiger partial charge < -0.3 is 14.7 Å². The van der Waals surface area contributed by atoms with Gasteiger partial charge >= 0.3 is 6.09 Å². The van der Waals surface area contributed by atoms with Crippen molar-refractivity contribution >= 4 is 11.9 Å². The lowest BCUT2D eigenvalue weighted by Crippen LogP contribution is -2.31. The largest absolute Gasteiger partial charge is 0.487 e. The summed E-state index contributed by atoms with van der Waals surface area (Å²) in [6, 6.07) is 17.3. The molecule has 6 nitrogen and oxygen atoms in total. The second-order valence-electron chi connectivity index (χ2n) is 7.63. The number of benzene rings is 2. The number of aromatic nitrogens is 1. The summed E-state index contributed by atoms with van der Waals surface area (Å²) in [5.41, 5.74) is 5.51. The van der Waals surface area contributed by atoms with Crippen LogP contribution in [-0.4, -0.2) is 40.0 Å². The highest BCUT2D eigenvalue weighted by Crippen LogP contribution is 2.34. The Morgan fingerprint density at radius 3 is 2.55 bits per heavy atom. The molecule has 0 unspecified atom stereocenters. The summed E-state index contributed by atoms with van der Waals surface area (Å²) >= 11 is 0. The Morgan fingerprint density at radius 2 is 1.84 bits per heavy atom. The van der Waals surface area contributed by atoms with Crippen LogP contribution in [0.3, 0.4) is 0 Å². The third-order valence-corrected chi connectivity index (χ3v) is 5.58. The molecule has 2 heterocycles. The number of carbonyl (C=O) groups is 2. The standard InChI is InChI=1S/C25H24N2O4/c1-17(28)19-7-8-24(31-16-22-4-2-3-11-26-22)23(15-19)21-6-5-18-9-12-27(25(29)30)13-10-20(18)14-21/h2-8,11,14-15H,9-10,12-13,16H2,1H3,(H,29,30). The number of pyridine rings is 1. The van der Waals surface area contributed by atoms with Crippen molar-refractivity contribution in [3.63, 3.8) is 0 Å². The van der Waals surface area contributed by atoms with Crippen LogP contribution >= 0.6 is 0 Å². The quantitative estimate of drug-likeness (QED) is 0.615. The van der Waals surface area contributed by atoms with E-state index in [1.54, 1.807) is 19.2 Å². The zero-order valence-corrected chi connectivity index (χ0v) is 17.4. The van der Waals surface area contributed by atoms with E-state index in [-0.39, 0.29) is 5.78 Å². The van der Waals surface area contributed by atoms with Gasteiger partial charge in [-0.1, -0.05) is 24.3 Å². The van der Waals surface area contributed by atoms with E-state index in [1.807, 2.05) is 36.4 Å². The predicted molar refractivity (Wildman–Crippen MR) is 117 cm³/mol. The van der Waals surface area contributed by atoms with Gasteiger partial charge in [0, 0.05) is 30.4 Å². The zero-order chi connectivity index (χ0) is 21.8. The van der Waals surface area contributed by atoms with E-state index >= 15 is 0 Å². The highest BCUT2D eigenvalue weighted by atomic mass is 16.5. The number of amides is 1. The van der Waals surface area contributed by atoms with Gasteiger partial charge in [-0.05, 0) is 66.8 Å². The molecule has 3 aromatic rings. The average molecular weight is 416 g/mol. The van der Waals surface area contributed by atoms with Crippen molar-refractivity contribution in [1.29, 1.82) is 0 Å². The lowest BCUT2D eigenvalue weighted by molar-refractivity contribution is 0.101. The van der Waals surface area contributed by atoms with Gasteiger partial charge in [-0.2, -0.15) is 0 Å². The van der Waals surface area contributed by atoms with Crippen LogP contribution < -0.4 is 4.74 Å². The van der Waals surface area contributed by atoms with Gasteiger partial charge in [0.1, 0.15) is 12.4 Å². The fourth-order valence-electron chi connectivity index (χ4n) is 3.82. The summed E-state index contributed by atoms with van der Waals surface area (Å²) in [6.07, 6.45) is 2.20. The second-order valence-corrected chi connectivity index (χ2v) is 7.63. The number of hydrogen-bond donors (Lipinski definition) is 1. The normalized spacial score (nSPS) is 13.3. The average Bonchev–Trinajstić information content (AvgIpc) is 3.00. The molecule has 158 valence electrons. The zero-order valence-electron chi connectivity index (χ0n) is 17.4. The van der Waals surface area contributed by atoms with Gasteiger partial charge in [0.15, 0.2) is 5.78 Å². The fourth-order valence-corrected chi connectivity index (χ4v) is 3.82.